The molecular weight excluding hydrogens is 151 g/mol. The Bertz CT molecular complexity index is 290. The number of H-pyrrole nitrogens is 1. The van der Waals surface area contributed by atoms with Crippen LogP contribution in [0.25, 0.3) is 11.0 Å². The van der Waals surface area contributed by atoms with Gasteiger partial charge in [-0.1, -0.05) is 12.1 Å². The molecule has 0 saturated heterocycles. The van der Waals surface area contributed by atoms with Crippen molar-refractivity contribution in [2.45, 2.75) is 0 Å². The summed E-state index contributed by atoms with van der Waals surface area (Å²) in [5, 5.41) is 0. The molecule has 1 aromatic heterocycles. The van der Waals surface area contributed by atoms with Gasteiger partial charge in [0.05, 0.1) is 17.4 Å². The van der Waals surface area contributed by atoms with Crippen LogP contribution in [-0.2, 0) is 0 Å². The minimum atomic E-state index is 0. The van der Waals surface area contributed by atoms with Crippen molar-refractivity contribution >= 4 is 11.0 Å². The first-order chi connectivity index (χ1) is 4.47. The van der Waals surface area contributed by atoms with Crippen LogP contribution in [0.4, 0.5) is 0 Å². The number of hydrogen-bond donors (Lipinski definition) is 1. The SMILES string of the molecule is [H-].[K+].c1ccc2[nH]cnc2c1. The molecular formula is C7H7KN2. The maximum Gasteiger partial charge on any atom is 1.00 e. The number of aromatic amines is 1. The van der Waals surface area contributed by atoms with Crippen LogP contribution in [0.15, 0.2) is 30.6 Å². The van der Waals surface area contributed by atoms with Crippen molar-refractivity contribution < 1.29 is 52.8 Å². The van der Waals surface area contributed by atoms with E-state index in [2.05, 4.69) is 9.97 Å². The molecule has 0 saturated carbocycles. The van der Waals surface area contributed by atoms with Crippen molar-refractivity contribution in [3.63, 3.8) is 0 Å². The van der Waals surface area contributed by atoms with E-state index in [1.54, 1.807) is 6.33 Å². The Morgan fingerprint density at radius 3 is 2.90 bits per heavy atom. The van der Waals surface area contributed by atoms with E-state index in [0.717, 1.165) is 11.0 Å². The molecule has 0 aliphatic heterocycles. The third-order valence-electron chi connectivity index (χ3n) is 1.33. The molecule has 0 bridgehead atoms. The maximum atomic E-state index is 4.06. The van der Waals surface area contributed by atoms with Gasteiger partial charge >= 0.3 is 51.4 Å². The van der Waals surface area contributed by atoms with Gasteiger partial charge in [-0.25, -0.2) is 4.98 Å². The molecule has 0 atom stereocenters. The van der Waals surface area contributed by atoms with E-state index in [1.165, 1.54) is 0 Å². The van der Waals surface area contributed by atoms with Crippen molar-refractivity contribution in [3.8, 4) is 0 Å². The zero-order valence-corrected chi connectivity index (χ0v) is 8.96. The van der Waals surface area contributed by atoms with E-state index in [4.69, 9.17) is 0 Å². The Balaban J connectivity index is 0.000000500. The summed E-state index contributed by atoms with van der Waals surface area (Å²) in [7, 11) is 0. The van der Waals surface area contributed by atoms with Gasteiger partial charge < -0.3 is 6.41 Å². The number of benzene rings is 1. The zero-order chi connectivity index (χ0) is 6.10. The number of nitrogens with one attached hydrogen (secondary N) is 1. The summed E-state index contributed by atoms with van der Waals surface area (Å²) >= 11 is 0. The predicted molar refractivity (Wildman–Crippen MR) is 37.2 cm³/mol. The fourth-order valence-corrected chi connectivity index (χ4v) is 0.880. The second-order valence-corrected chi connectivity index (χ2v) is 1.92. The van der Waals surface area contributed by atoms with Crippen LogP contribution >= 0.6 is 0 Å². The van der Waals surface area contributed by atoms with Crippen LogP contribution in [0.3, 0.4) is 0 Å². The van der Waals surface area contributed by atoms with Gasteiger partial charge in [0, 0.05) is 0 Å². The van der Waals surface area contributed by atoms with Gasteiger partial charge in [-0.15, -0.1) is 0 Å². The van der Waals surface area contributed by atoms with Crippen LogP contribution in [0.1, 0.15) is 1.43 Å². The number of rotatable bonds is 0. The Morgan fingerprint density at radius 2 is 2.10 bits per heavy atom. The molecule has 2 rings (SSSR count). The first kappa shape index (κ1) is 8.42. The summed E-state index contributed by atoms with van der Waals surface area (Å²) in [5.74, 6) is 0. The number of para-hydroxylation sites is 2. The minimum absolute atomic E-state index is 0. The van der Waals surface area contributed by atoms with Crippen molar-refractivity contribution in [2.24, 2.45) is 0 Å². The largest absolute Gasteiger partial charge is 1.00 e. The fourth-order valence-electron chi connectivity index (χ4n) is 0.880. The Hall–Kier alpha value is 0.326. The molecule has 0 amide bonds. The van der Waals surface area contributed by atoms with E-state index >= 15 is 0 Å². The summed E-state index contributed by atoms with van der Waals surface area (Å²) in [6.45, 7) is 0. The second kappa shape index (κ2) is 3.64. The van der Waals surface area contributed by atoms with E-state index < -0.39 is 0 Å². The summed E-state index contributed by atoms with van der Waals surface area (Å²) < 4.78 is 0. The normalized spacial score (nSPS) is 9.20. The third-order valence-corrected chi connectivity index (χ3v) is 1.33. The molecule has 0 radical (unpaired) electrons. The number of fused-ring (bicyclic) bond motifs is 1. The van der Waals surface area contributed by atoms with Gasteiger partial charge in [0.1, 0.15) is 0 Å². The molecule has 2 aromatic rings. The van der Waals surface area contributed by atoms with Gasteiger partial charge in [0.2, 0.25) is 0 Å². The van der Waals surface area contributed by atoms with E-state index in [9.17, 15) is 0 Å². The molecule has 1 N–H and O–H groups in total. The summed E-state index contributed by atoms with van der Waals surface area (Å²) in [6.07, 6.45) is 1.70. The predicted octanol–water partition coefficient (Wildman–Crippen LogP) is -1.32. The Labute approximate surface area is 103 Å². The first-order valence-electron chi connectivity index (χ1n) is 2.85. The van der Waals surface area contributed by atoms with Crippen molar-refractivity contribution in [3.05, 3.63) is 30.6 Å². The third kappa shape index (κ3) is 1.49. The van der Waals surface area contributed by atoms with Crippen LogP contribution in [0.5, 0.6) is 0 Å². The van der Waals surface area contributed by atoms with Gasteiger partial charge in [0.25, 0.3) is 0 Å². The number of hydrogen-bond acceptors (Lipinski definition) is 1. The van der Waals surface area contributed by atoms with Gasteiger partial charge in [-0.3, -0.25) is 0 Å². The molecule has 46 valence electrons. The molecule has 0 spiro atoms. The van der Waals surface area contributed by atoms with Crippen LogP contribution < -0.4 is 51.4 Å². The number of aromatic nitrogens is 2. The van der Waals surface area contributed by atoms with Gasteiger partial charge in [-0.05, 0) is 12.1 Å². The molecule has 0 aliphatic carbocycles. The summed E-state index contributed by atoms with van der Waals surface area (Å²) in [4.78, 5) is 7.07. The number of imidazole rings is 1. The quantitative estimate of drug-likeness (QED) is 0.473. The maximum absolute atomic E-state index is 4.06. The number of nitrogens with zero attached hydrogens (tertiary/aromatic N) is 1. The smallest absolute Gasteiger partial charge is 1.00 e. The molecule has 10 heavy (non-hydrogen) atoms. The Morgan fingerprint density at radius 1 is 1.30 bits per heavy atom. The summed E-state index contributed by atoms with van der Waals surface area (Å²) in [6, 6.07) is 7.94. The molecule has 2 nitrogen and oxygen atoms in total. The molecule has 0 unspecified atom stereocenters. The first-order valence-corrected chi connectivity index (χ1v) is 2.85. The van der Waals surface area contributed by atoms with E-state index in [1.807, 2.05) is 24.3 Å². The molecule has 1 aromatic carbocycles. The van der Waals surface area contributed by atoms with E-state index in [-0.39, 0.29) is 52.8 Å². The molecule has 0 aliphatic rings. The van der Waals surface area contributed by atoms with Crippen LogP contribution in [-0.4, -0.2) is 9.97 Å². The van der Waals surface area contributed by atoms with Crippen molar-refractivity contribution in [1.29, 1.82) is 0 Å². The monoisotopic (exact) mass is 158 g/mol. The molecule has 1 heterocycles. The average molecular weight is 158 g/mol. The minimum Gasteiger partial charge on any atom is -1.00 e. The molecule has 0 fully saturated rings. The van der Waals surface area contributed by atoms with Crippen molar-refractivity contribution in [2.75, 3.05) is 0 Å². The fraction of sp³-hybridized carbons (Fsp3) is 0. The average Bonchev–Trinajstić information content (AvgIpc) is 2.33. The van der Waals surface area contributed by atoms with E-state index in [0.29, 0.717) is 0 Å². The van der Waals surface area contributed by atoms with Crippen molar-refractivity contribution in [1.82, 2.24) is 9.97 Å². The Kier molecular flexibility index (Phi) is 3.07. The standard InChI is InChI=1S/C7H6N2.K.H/c1-2-4-7-6(3-1)8-5-9-7;;/h1-5H,(H,8,9);;/q;+1;-1. The second-order valence-electron chi connectivity index (χ2n) is 1.92. The topological polar surface area (TPSA) is 28.7 Å². The summed E-state index contributed by atoms with van der Waals surface area (Å²) in [5.41, 5.74) is 2.12. The van der Waals surface area contributed by atoms with Gasteiger partial charge in [-0.2, -0.15) is 0 Å². The van der Waals surface area contributed by atoms with Crippen LogP contribution in [0.2, 0.25) is 0 Å². The van der Waals surface area contributed by atoms with Crippen LogP contribution in [0, 0.1) is 0 Å². The zero-order valence-electron chi connectivity index (χ0n) is 6.83. The molecule has 3 heteroatoms. The van der Waals surface area contributed by atoms with Gasteiger partial charge in [0.15, 0.2) is 0 Å².